The molecule has 2 aromatic carbocycles. The summed E-state index contributed by atoms with van der Waals surface area (Å²) in [5.74, 6) is 0. The van der Waals surface area contributed by atoms with Crippen molar-refractivity contribution in [2.45, 2.75) is 26.3 Å². The third-order valence-electron chi connectivity index (χ3n) is 5.40. The summed E-state index contributed by atoms with van der Waals surface area (Å²) in [7, 11) is 0. The van der Waals surface area contributed by atoms with Crippen molar-refractivity contribution in [3.8, 4) is 0 Å². The second kappa shape index (κ2) is 6.54. The van der Waals surface area contributed by atoms with Gasteiger partial charge < -0.3 is 15.0 Å². The Kier molecular flexibility index (Phi) is 4.38. The molecule has 3 nitrogen and oxygen atoms in total. The molecular weight excluding hydrogens is 332 g/mol. The standard InChI is InChI=1S/C21H25ClN2O/c1-21(2)14-16-6-4-8-18(22)19(16)23-20(21)15-5-3-7-17(13-15)24-9-11-25-12-10-24/h3-8,13,20,23H,9-12,14H2,1-2H3. The lowest BCUT2D eigenvalue weighted by atomic mass is 9.73. The Balaban J connectivity index is 1.68. The molecule has 4 rings (SSSR count). The summed E-state index contributed by atoms with van der Waals surface area (Å²) in [5.41, 5.74) is 5.10. The molecule has 1 fully saturated rings. The summed E-state index contributed by atoms with van der Waals surface area (Å²) in [6.07, 6.45) is 1.02. The highest BCUT2D eigenvalue weighted by Crippen LogP contribution is 2.47. The number of hydrogen-bond acceptors (Lipinski definition) is 3. The fourth-order valence-electron chi connectivity index (χ4n) is 4.07. The molecule has 25 heavy (non-hydrogen) atoms. The molecule has 2 aliphatic heterocycles. The summed E-state index contributed by atoms with van der Waals surface area (Å²) in [4.78, 5) is 2.41. The van der Waals surface area contributed by atoms with Gasteiger partial charge in [0.05, 0.1) is 30.0 Å². The van der Waals surface area contributed by atoms with E-state index in [0.717, 1.165) is 43.4 Å². The monoisotopic (exact) mass is 356 g/mol. The van der Waals surface area contributed by atoms with Crippen molar-refractivity contribution < 1.29 is 4.74 Å². The summed E-state index contributed by atoms with van der Waals surface area (Å²) < 4.78 is 5.48. The zero-order chi connectivity index (χ0) is 17.4. The average Bonchev–Trinajstić information content (AvgIpc) is 2.61. The summed E-state index contributed by atoms with van der Waals surface area (Å²) in [6, 6.07) is 15.3. The number of nitrogens with one attached hydrogen (secondary N) is 1. The van der Waals surface area contributed by atoms with Crippen LogP contribution >= 0.6 is 11.6 Å². The predicted molar refractivity (Wildman–Crippen MR) is 105 cm³/mol. The molecule has 1 atom stereocenters. The third-order valence-corrected chi connectivity index (χ3v) is 5.71. The van der Waals surface area contributed by atoms with Gasteiger partial charge in [0, 0.05) is 18.8 Å². The molecule has 0 saturated carbocycles. The first-order chi connectivity index (χ1) is 12.0. The Hall–Kier alpha value is -1.71. The van der Waals surface area contributed by atoms with E-state index in [-0.39, 0.29) is 11.5 Å². The molecule has 0 aromatic heterocycles. The van der Waals surface area contributed by atoms with Crippen LogP contribution in [0.25, 0.3) is 0 Å². The van der Waals surface area contributed by atoms with Crippen molar-refractivity contribution in [2.24, 2.45) is 5.41 Å². The van der Waals surface area contributed by atoms with E-state index < -0.39 is 0 Å². The highest BCUT2D eigenvalue weighted by atomic mass is 35.5. The molecule has 2 aliphatic rings. The second-order valence-corrected chi connectivity index (χ2v) is 8.12. The summed E-state index contributed by atoms with van der Waals surface area (Å²) in [5, 5.41) is 4.53. The van der Waals surface area contributed by atoms with Gasteiger partial charge in [-0.1, -0.05) is 49.7 Å². The van der Waals surface area contributed by atoms with Crippen LogP contribution in [-0.2, 0) is 11.2 Å². The number of ether oxygens (including phenoxy) is 1. The largest absolute Gasteiger partial charge is 0.378 e. The number of hydrogen-bond donors (Lipinski definition) is 1. The van der Waals surface area contributed by atoms with Gasteiger partial charge >= 0.3 is 0 Å². The average molecular weight is 357 g/mol. The van der Waals surface area contributed by atoms with Crippen LogP contribution < -0.4 is 10.2 Å². The number of benzene rings is 2. The smallest absolute Gasteiger partial charge is 0.0642 e. The molecule has 0 bridgehead atoms. The Labute approximate surface area is 154 Å². The van der Waals surface area contributed by atoms with Gasteiger partial charge in [-0.25, -0.2) is 0 Å². The first-order valence-electron chi connectivity index (χ1n) is 9.01. The molecule has 0 radical (unpaired) electrons. The SMILES string of the molecule is CC1(C)Cc2cccc(Cl)c2NC1c1cccc(N2CCOCC2)c1. The number of fused-ring (bicyclic) bond motifs is 1. The number of morpholine rings is 1. The minimum absolute atomic E-state index is 0.112. The maximum Gasteiger partial charge on any atom is 0.0642 e. The quantitative estimate of drug-likeness (QED) is 0.827. The molecule has 2 heterocycles. The molecule has 4 heteroatoms. The molecule has 132 valence electrons. The van der Waals surface area contributed by atoms with Gasteiger partial charge in [-0.3, -0.25) is 0 Å². The van der Waals surface area contributed by atoms with Crippen LogP contribution in [0.4, 0.5) is 11.4 Å². The van der Waals surface area contributed by atoms with Gasteiger partial charge in [-0.05, 0) is 41.2 Å². The number of nitrogens with zero attached hydrogens (tertiary/aromatic N) is 1. The van der Waals surface area contributed by atoms with E-state index in [9.17, 15) is 0 Å². The molecule has 1 unspecified atom stereocenters. The fourth-order valence-corrected chi connectivity index (χ4v) is 4.32. The number of halogens is 1. The lowest BCUT2D eigenvalue weighted by Crippen LogP contribution is -2.37. The first kappa shape index (κ1) is 16.7. The normalized spacial score (nSPS) is 22.2. The van der Waals surface area contributed by atoms with Crippen molar-refractivity contribution in [1.82, 2.24) is 0 Å². The van der Waals surface area contributed by atoms with Crippen molar-refractivity contribution in [1.29, 1.82) is 0 Å². The van der Waals surface area contributed by atoms with Crippen LogP contribution in [0.5, 0.6) is 0 Å². The number of para-hydroxylation sites is 1. The highest BCUT2D eigenvalue weighted by Gasteiger charge is 2.36. The van der Waals surface area contributed by atoms with Gasteiger partial charge in [0.2, 0.25) is 0 Å². The second-order valence-electron chi connectivity index (χ2n) is 7.71. The predicted octanol–water partition coefficient (Wildman–Crippen LogP) is 4.91. The lowest BCUT2D eigenvalue weighted by molar-refractivity contribution is 0.122. The van der Waals surface area contributed by atoms with Gasteiger partial charge in [0.1, 0.15) is 0 Å². The van der Waals surface area contributed by atoms with Crippen LogP contribution in [0.15, 0.2) is 42.5 Å². The van der Waals surface area contributed by atoms with Crippen LogP contribution in [-0.4, -0.2) is 26.3 Å². The Morgan fingerprint density at radius 1 is 1.12 bits per heavy atom. The van der Waals surface area contributed by atoms with E-state index in [1.54, 1.807) is 0 Å². The van der Waals surface area contributed by atoms with E-state index in [4.69, 9.17) is 16.3 Å². The summed E-state index contributed by atoms with van der Waals surface area (Å²) in [6.45, 7) is 8.19. The van der Waals surface area contributed by atoms with Crippen LogP contribution in [0, 0.1) is 5.41 Å². The topological polar surface area (TPSA) is 24.5 Å². The highest BCUT2D eigenvalue weighted by molar-refractivity contribution is 6.33. The zero-order valence-corrected chi connectivity index (χ0v) is 15.6. The maximum atomic E-state index is 6.46. The van der Waals surface area contributed by atoms with Gasteiger partial charge in [0.15, 0.2) is 0 Å². The van der Waals surface area contributed by atoms with Crippen molar-refractivity contribution in [2.75, 3.05) is 36.5 Å². The third kappa shape index (κ3) is 3.23. The van der Waals surface area contributed by atoms with Crippen LogP contribution in [0.3, 0.4) is 0 Å². The molecule has 1 N–H and O–H groups in total. The van der Waals surface area contributed by atoms with Gasteiger partial charge in [0.25, 0.3) is 0 Å². The van der Waals surface area contributed by atoms with Crippen molar-refractivity contribution in [3.05, 3.63) is 58.6 Å². The minimum Gasteiger partial charge on any atom is -0.378 e. The molecule has 0 spiro atoms. The molecule has 1 saturated heterocycles. The first-order valence-corrected chi connectivity index (χ1v) is 9.39. The summed E-state index contributed by atoms with van der Waals surface area (Å²) >= 11 is 6.46. The number of anilines is 2. The molecule has 2 aromatic rings. The minimum atomic E-state index is 0.112. The van der Waals surface area contributed by atoms with E-state index in [1.807, 2.05) is 12.1 Å². The number of rotatable bonds is 2. The maximum absolute atomic E-state index is 6.46. The zero-order valence-electron chi connectivity index (χ0n) is 14.9. The lowest BCUT2D eigenvalue weighted by Gasteiger charge is -2.42. The van der Waals surface area contributed by atoms with Gasteiger partial charge in [-0.2, -0.15) is 0 Å². The van der Waals surface area contributed by atoms with E-state index in [0.29, 0.717) is 0 Å². The van der Waals surface area contributed by atoms with Gasteiger partial charge in [-0.15, -0.1) is 0 Å². The molecule has 0 amide bonds. The van der Waals surface area contributed by atoms with E-state index in [1.165, 1.54) is 16.8 Å². The van der Waals surface area contributed by atoms with E-state index in [2.05, 4.69) is 54.4 Å². The Morgan fingerprint density at radius 2 is 1.88 bits per heavy atom. The molecule has 0 aliphatic carbocycles. The molecular formula is C21H25ClN2O. The fraction of sp³-hybridized carbons (Fsp3) is 0.429. The van der Waals surface area contributed by atoms with Crippen LogP contribution in [0.1, 0.15) is 31.0 Å². The van der Waals surface area contributed by atoms with Crippen molar-refractivity contribution in [3.63, 3.8) is 0 Å². The Bertz CT molecular complexity index is 768. The van der Waals surface area contributed by atoms with Crippen LogP contribution in [0.2, 0.25) is 5.02 Å². The van der Waals surface area contributed by atoms with E-state index >= 15 is 0 Å². The van der Waals surface area contributed by atoms with Crippen molar-refractivity contribution >= 4 is 23.0 Å². The Morgan fingerprint density at radius 3 is 2.68 bits per heavy atom.